The molecule has 0 bridgehead atoms. The van der Waals surface area contributed by atoms with Gasteiger partial charge < -0.3 is 10.6 Å². The first kappa shape index (κ1) is 7.65. The molecule has 3 rings (SSSR count). The molecule has 2 N–H and O–H groups in total. The summed E-state index contributed by atoms with van der Waals surface area (Å²) in [5, 5.41) is 0. The van der Waals surface area contributed by atoms with Crippen LogP contribution in [0.4, 0.5) is 0 Å². The van der Waals surface area contributed by atoms with Gasteiger partial charge in [-0.25, -0.2) is 0 Å². The third-order valence-electron chi connectivity index (χ3n) is 3.70. The van der Waals surface area contributed by atoms with Gasteiger partial charge in [0.25, 0.3) is 0 Å². The van der Waals surface area contributed by atoms with Gasteiger partial charge >= 0.3 is 0 Å². The van der Waals surface area contributed by atoms with Crippen molar-refractivity contribution in [1.82, 2.24) is 4.90 Å². The monoisotopic (exact) mass is 179 g/mol. The predicted molar refractivity (Wildman–Crippen MR) is 52.5 cm³/mol. The van der Waals surface area contributed by atoms with Crippen molar-refractivity contribution >= 4 is 5.96 Å². The van der Waals surface area contributed by atoms with Crippen LogP contribution in [0.5, 0.6) is 0 Å². The molecule has 0 aromatic heterocycles. The van der Waals surface area contributed by atoms with E-state index in [4.69, 9.17) is 5.73 Å². The Kier molecular flexibility index (Phi) is 1.55. The summed E-state index contributed by atoms with van der Waals surface area (Å²) in [7, 11) is 0. The lowest BCUT2D eigenvalue weighted by Gasteiger charge is -2.37. The van der Waals surface area contributed by atoms with Crippen molar-refractivity contribution < 1.29 is 0 Å². The van der Waals surface area contributed by atoms with Crippen molar-refractivity contribution in [3.05, 3.63) is 0 Å². The van der Waals surface area contributed by atoms with Crippen LogP contribution in [0.25, 0.3) is 0 Å². The normalized spacial score (nSPS) is 34.6. The van der Waals surface area contributed by atoms with E-state index in [9.17, 15) is 0 Å². The minimum atomic E-state index is 0.668. The van der Waals surface area contributed by atoms with Crippen molar-refractivity contribution in [3.63, 3.8) is 0 Å². The first-order valence-electron chi connectivity index (χ1n) is 5.44. The molecular formula is C10H17N3. The lowest BCUT2D eigenvalue weighted by Crippen LogP contribution is -2.47. The van der Waals surface area contributed by atoms with E-state index in [-0.39, 0.29) is 0 Å². The summed E-state index contributed by atoms with van der Waals surface area (Å²) in [6, 6.07) is 1.41. The van der Waals surface area contributed by atoms with Gasteiger partial charge in [-0.2, -0.15) is 0 Å². The molecule has 1 atom stereocenters. The summed E-state index contributed by atoms with van der Waals surface area (Å²) >= 11 is 0. The Labute approximate surface area is 79.0 Å². The van der Waals surface area contributed by atoms with Crippen molar-refractivity contribution in [3.8, 4) is 0 Å². The topological polar surface area (TPSA) is 41.6 Å². The van der Waals surface area contributed by atoms with Crippen LogP contribution in [-0.2, 0) is 0 Å². The van der Waals surface area contributed by atoms with Gasteiger partial charge in [0, 0.05) is 6.04 Å². The largest absolute Gasteiger partial charge is 0.370 e. The van der Waals surface area contributed by atoms with E-state index in [2.05, 4.69) is 9.89 Å². The Morgan fingerprint density at radius 3 is 2.54 bits per heavy atom. The standard InChI is InChI=1S/C10H17N3/c11-10-12-6-9(7-2-1-3-7)13(10)8-4-5-8/h7-9H,1-6H2,(H2,11,12). The van der Waals surface area contributed by atoms with Crippen molar-refractivity contribution in [2.45, 2.75) is 44.2 Å². The van der Waals surface area contributed by atoms with Crippen LogP contribution in [0, 0.1) is 5.92 Å². The fourth-order valence-electron chi connectivity index (χ4n) is 2.54. The average Bonchev–Trinajstić information content (AvgIpc) is 2.76. The second kappa shape index (κ2) is 2.63. The molecule has 0 spiro atoms. The molecule has 3 nitrogen and oxygen atoms in total. The quantitative estimate of drug-likeness (QED) is 0.685. The highest BCUT2D eigenvalue weighted by atomic mass is 15.4. The summed E-state index contributed by atoms with van der Waals surface area (Å²) in [5.41, 5.74) is 5.90. The maximum atomic E-state index is 5.90. The molecule has 2 saturated carbocycles. The Balaban J connectivity index is 1.73. The molecule has 13 heavy (non-hydrogen) atoms. The lowest BCUT2D eigenvalue weighted by atomic mass is 9.79. The van der Waals surface area contributed by atoms with Crippen LogP contribution in [0.1, 0.15) is 32.1 Å². The van der Waals surface area contributed by atoms with Gasteiger partial charge in [0.05, 0.1) is 12.6 Å². The van der Waals surface area contributed by atoms with Crippen LogP contribution >= 0.6 is 0 Å². The third kappa shape index (κ3) is 1.13. The molecule has 1 aliphatic heterocycles. The van der Waals surface area contributed by atoms with Gasteiger partial charge in [0.1, 0.15) is 0 Å². The van der Waals surface area contributed by atoms with E-state index in [0.717, 1.165) is 24.5 Å². The maximum absolute atomic E-state index is 5.90. The number of nitrogens with zero attached hydrogens (tertiary/aromatic N) is 2. The highest BCUT2D eigenvalue weighted by Gasteiger charge is 2.42. The minimum absolute atomic E-state index is 0.668. The maximum Gasteiger partial charge on any atom is 0.191 e. The zero-order valence-electron chi connectivity index (χ0n) is 7.95. The molecule has 1 heterocycles. The molecule has 0 aromatic rings. The molecule has 0 amide bonds. The molecule has 72 valence electrons. The summed E-state index contributed by atoms with van der Waals surface area (Å²) in [4.78, 5) is 6.79. The molecular weight excluding hydrogens is 162 g/mol. The molecule has 2 fully saturated rings. The van der Waals surface area contributed by atoms with E-state index in [1.165, 1.54) is 32.1 Å². The van der Waals surface area contributed by atoms with Crippen LogP contribution in [-0.4, -0.2) is 29.5 Å². The highest BCUT2D eigenvalue weighted by Crippen LogP contribution is 2.39. The smallest absolute Gasteiger partial charge is 0.191 e. The number of guanidine groups is 1. The van der Waals surface area contributed by atoms with Crippen molar-refractivity contribution in [2.75, 3.05) is 6.54 Å². The Morgan fingerprint density at radius 2 is 2.00 bits per heavy atom. The number of hydrogen-bond donors (Lipinski definition) is 1. The van der Waals surface area contributed by atoms with Gasteiger partial charge in [-0.3, -0.25) is 4.99 Å². The molecule has 3 aliphatic rings. The van der Waals surface area contributed by atoms with Gasteiger partial charge in [0.15, 0.2) is 5.96 Å². The highest BCUT2D eigenvalue weighted by molar-refractivity contribution is 5.80. The van der Waals surface area contributed by atoms with Gasteiger partial charge in [0.2, 0.25) is 0 Å². The number of nitrogens with two attached hydrogens (primary N) is 1. The molecule has 2 aliphatic carbocycles. The van der Waals surface area contributed by atoms with Crippen LogP contribution in [0.2, 0.25) is 0 Å². The van der Waals surface area contributed by atoms with Crippen molar-refractivity contribution in [1.29, 1.82) is 0 Å². The number of hydrogen-bond acceptors (Lipinski definition) is 3. The summed E-state index contributed by atoms with van der Waals surface area (Å²) in [5.74, 6) is 1.71. The van der Waals surface area contributed by atoms with E-state index in [0.29, 0.717) is 6.04 Å². The first-order chi connectivity index (χ1) is 6.36. The fraction of sp³-hybridized carbons (Fsp3) is 0.900. The van der Waals surface area contributed by atoms with Crippen LogP contribution < -0.4 is 5.73 Å². The fourth-order valence-corrected chi connectivity index (χ4v) is 2.54. The van der Waals surface area contributed by atoms with Crippen LogP contribution in [0.15, 0.2) is 4.99 Å². The van der Waals surface area contributed by atoms with Crippen LogP contribution in [0.3, 0.4) is 0 Å². The Morgan fingerprint density at radius 1 is 1.23 bits per heavy atom. The van der Waals surface area contributed by atoms with Gasteiger partial charge in [-0.1, -0.05) is 6.42 Å². The van der Waals surface area contributed by atoms with Gasteiger partial charge in [-0.05, 0) is 31.6 Å². The zero-order valence-corrected chi connectivity index (χ0v) is 7.95. The average molecular weight is 179 g/mol. The molecule has 3 heteroatoms. The summed E-state index contributed by atoms with van der Waals surface area (Å²) < 4.78 is 0. The third-order valence-corrected chi connectivity index (χ3v) is 3.70. The molecule has 0 saturated heterocycles. The molecule has 0 aromatic carbocycles. The lowest BCUT2D eigenvalue weighted by molar-refractivity contribution is 0.166. The van der Waals surface area contributed by atoms with Crippen molar-refractivity contribution in [2.24, 2.45) is 16.6 Å². The predicted octanol–water partition coefficient (Wildman–Crippen LogP) is 0.948. The number of rotatable bonds is 2. The Bertz CT molecular complexity index is 241. The summed E-state index contributed by atoms with van der Waals surface area (Å²) in [6.07, 6.45) is 6.88. The van der Waals surface area contributed by atoms with Gasteiger partial charge in [-0.15, -0.1) is 0 Å². The second-order valence-corrected chi connectivity index (χ2v) is 4.60. The second-order valence-electron chi connectivity index (χ2n) is 4.60. The molecule has 1 unspecified atom stereocenters. The number of aliphatic imine (C=N–C) groups is 1. The Hall–Kier alpha value is -0.730. The van der Waals surface area contributed by atoms with E-state index in [1.54, 1.807) is 0 Å². The summed E-state index contributed by atoms with van der Waals surface area (Å²) in [6.45, 7) is 0.965. The first-order valence-corrected chi connectivity index (χ1v) is 5.44. The minimum Gasteiger partial charge on any atom is -0.370 e. The SMILES string of the molecule is NC1=NCC(C2CCC2)N1C1CC1. The van der Waals surface area contributed by atoms with E-state index >= 15 is 0 Å². The zero-order chi connectivity index (χ0) is 8.84. The van der Waals surface area contributed by atoms with E-state index < -0.39 is 0 Å². The molecule has 0 radical (unpaired) electrons. The van der Waals surface area contributed by atoms with E-state index in [1.807, 2.05) is 0 Å².